The lowest BCUT2D eigenvalue weighted by molar-refractivity contribution is -0.121. The Kier molecular flexibility index (Phi) is 5.46. The summed E-state index contributed by atoms with van der Waals surface area (Å²) in [5, 5.41) is 7.26. The number of hydrogen-bond acceptors (Lipinski definition) is 4. The van der Waals surface area contributed by atoms with E-state index in [0.29, 0.717) is 16.7 Å². The van der Waals surface area contributed by atoms with E-state index in [4.69, 9.17) is 16.1 Å². The van der Waals surface area contributed by atoms with E-state index in [1.807, 2.05) is 54.6 Å². The lowest BCUT2D eigenvalue weighted by Gasteiger charge is -2.19. The summed E-state index contributed by atoms with van der Waals surface area (Å²) in [5.41, 5.74) is 1.97. The highest BCUT2D eigenvalue weighted by Crippen LogP contribution is 2.32. The number of carbonyl (C=O) groups excluding carboxylic acids is 1. The van der Waals surface area contributed by atoms with E-state index < -0.39 is 0 Å². The normalized spacial score (nSPS) is 11.9. The third-order valence-corrected chi connectivity index (χ3v) is 4.23. The van der Waals surface area contributed by atoms with Crippen molar-refractivity contribution in [3.63, 3.8) is 0 Å². The molecule has 0 aliphatic heterocycles. The third kappa shape index (κ3) is 4.45. The number of halogens is 1. The molecule has 3 rings (SSSR count). The van der Waals surface area contributed by atoms with Crippen LogP contribution in [-0.4, -0.2) is 16.0 Å². The fourth-order valence-corrected chi connectivity index (χ4v) is 2.97. The zero-order valence-corrected chi connectivity index (χ0v) is 14.5. The van der Waals surface area contributed by atoms with Crippen molar-refractivity contribution in [1.29, 1.82) is 0 Å². The standard InChI is InChI=1S/C19H18ClN3O2/c1-13-22-18(23-25-13)12-21-19(24)11-16(14-7-3-2-4-8-14)15-9-5-6-10-17(15)20/h2-10,16H,11-12H2,1H3,(H,21,24). The summed E-state index contributed by atoms with van der Waals surface area (Å²) < 4.78 is 4.90. The first-order valence-electron chi connectivity index (χ1n) is 7.98. The summed E-state index contributed by atoms with van der Waals surface area (Å²) in [6, 6.07) is 17.5. The molecule has 6 heteroatoms. The van der Waals surface area contributed by atoms with Crippen LogP contribution in [0.15, 0.2) is 59.1 Å². The molecule has 2 aromatic carbocycles. The van der Waals surface area contributed by atoms with Crippen LogP contribution in [0.25, 0.3) is 0 Å². The molecule has 0 aliphatic rings. The van der Waals surface area contributed by atoms with Crippen molar-refractivity contribution in [2.45, 2.75) is 25.8 Å². The van der Waals surface area contributed by atoms with Crippen molar-refractivity contribution in [1.82, 2.24) is 15.5 Å². The molecule has 1 atom stereocenters. The van der Waals surface area contributed by atoms with Gasteiger partial charge in [-0.05, 0) is 17.2 Å². The van der Waals surface area contributed by atoms with Gasteiger partial charge in [0.25, 0.3) is 0 Å². The molecule has 0 spiro atoms. The lowest BCUT2D eigenvalue weighted by atomic mass is 9.88. The number of hydrogen-bond donors (Lipinski definition) is 1. The predicted molar refractivity (Wildman–Crippen MR) is 95.2 cm³/mol. The van der Waals surface area contributed by atoms with E-state index in [-0.39, 0.29) is 24.8 Å². The Labute approximate surface area is 151 Å². The van der Waals surface area contributed by atoms with Crippen LogP contribution in [0.3, 0.4) is 0 Å². The molecule has 1 aromatic heterocycles. The van der Waals surface area contributed by atoms with Gasteiger partial charge in [0.15, 0.2) is 5.82 Å². The molecule has 0 radical (unpaired) electrons. The maximum absolute atomic E-state index is 12.5. The van der Waals surface area contributed by atoms with Gasteiger partial charge in [-0.15, -0.1) is 0 Å². The summed E-state index contributed by atoms with van der Waals surface area (Å²) in [6.07, 6.45) is 0.282. The molecule has 0 fully saturated rings. The third-order valence-electron chi connectivity index (χ3n) is 3.89. The quantitative estimate of drug-likeness (QED) is 0.728. The zero-order valence-electron chi connectivity index (χ0n) is 13.8. The second-order valence-electron chi connectivity index (χ2n) is 5.70. The second kappa shape index (κ2) is 7.94. The molecule has 1 unspecified atom stereocenters. The SMILES string of the molecule is Cc1nc(CNC(=O)CC(c2ccccc2)c2ccccc2Cl)no1. The molecule has 0 bridgehead atoms. The van der Waals surface area contributed by atoms with E-state index in [1.165, 1.54) is 0 Å². The molecule has 128 valence electrons. The molecule has 1 amide bonds. The Bertz CT molecular complexity index is 849. The lowest BCUT2D eigenvalue weighted by Crippen LogP contribution is -2.25. The topological polar surface area (TPSA) is 68.0 Å². The van der Waals surface area contributed by atoms with Gasteiger partial charge < -0.3 is 9.84 Å². The first kappa shape index (κ1) is 17.2. The van der Waals surface area contributed by atoms with Crippen molar-refractivity contribution in [3.05, 3.63) is 82.5 Å². The number of nitrogens with zero attached hydrogens (tertiary/aromatic N) is 2. The maximum atomic E-state index is 12.5. The van der Waals surface area contributed by atoms with Gasteiger partial charge in [-0.3, -0.25) is 4.79 Å². The van der Waals surface area contributed by atoms with Crippen molar-refractivity contribution in [2.75, 3.05) is 0 Å². The van der Waals surface area contributed by atoms with Gasteiger partial charge in [0.1, 0.15) is 0 Å². The van der Waals surface area contributed by atoms with Gasteiger partial charge in [-0.25, -0.2) is 0 Å². The van der Waals surface area contributed by atoms with Crippen LogP contribution in [-0.2, 0) is 11.3 Å². The molecule has 25 heavy (non-hydrogen) atoms. The summed E-state index contributed by atoms with van der Waals surface area (Å²) in [4.78, 5) is 16.5. The maximum Gasteiger partial charge on any atom is 0.223 e. The van der Waals surface area contributed by atoms with Crippen LogP contribution in [0, 0.1) is 6.92 Å². The molecule has 1 heterocycles. The minimum Gasteiger partial charge on any atom is -0.349 e. The fraction of sp³-hybridized carbons (Fsp3) is 0.211. The first-order valence-corrected chi connectivity index (χ1v) is 8.36. The van der Waals surface area contributed by atoms with E-state index in [9.17, 15) is 4.79 Å². The number of rotatable bonds is 6. The molecular weight excluding hydrogens is 338 g/mol. The first-order chi connectivity index (χ1) is 12.1. The number of carbonyl (C=O) groups is 1. The minimum atomic E-state index is -0.123. The highest BCUT2D eigenvalue weighted by Gasteiger charge is 2.20. The van der Waals surface area contributed by atoms with E-state index in [0.717, 1.165) is 11.1 Å². The summed E-state index contributed by atoms with van der Waals surface area (Å²) in [5.74, 6) is 0.709. The Morgan fingerprint density at radius 2 is 1.88 bits per heavy atom. The van der Waals surface area contributed by atoms with Crippen LogP contribution < -0.4 is 5.32 Å². The van der Waals surface area contributed by atoms with E-state index in [2.05, 4.69) is 15.5 Å². The van der Waals surface area contributed by atoms with Gasteiger partial charge in [-0.1, -0.05) is 65.3 Å². The molecule has 1 N–H and O–H groups in total. The minimum absolute atomic E-state index is 0.101. The highest BCUT2D eigenvalue weighted by atomic mass is 35.5. The van der Waals surface area contributed by atoms with Crippen LogP contribution >= 0.6 is 11.6 Å². The largest absolute Gasteiger partial charge is 0.349 e. The van der Waals surface area contributed by atoms with Gasteiger partial charge in [0.05, 0.1) is 6.54 Å². The molecule has 5 nitrogen and oxygen atoms in total. The van der Waals surface area contributed by atoms with Gasteiger partial charge in [0.2, 0.25) is 11.8 Å². The summed E-state index contributed by atoms with van der Waals surface area (Å²) in [7, 11) is 0. The highest BCUT2D eigenvalue weighted by molar-refractivity contribution is 6.31. The van der Waals surface area contributed by atoms with Crippen molar-refractivity contribution in [3.8, 4) is 0 Å². The zero-order chi connectivity index (χ0) is 17.6. The molecule has 3 aromatic rings. The number of aromatic nitrogens is 2. The predicted octanol–water partition coefficient (Wildman–Crippen LogP) is 3.87. The molecular formula is C19H18ClN3O2. The Morgan fingerprint density at radius 1 is 1.16 bits per heavy atom. The van der Waals surface area contributed by atoms with Crippen molar-refractivity contribution in [2.24, 2.45) is 0 Å². The van der Waals surface area contributed by atoms with Gasteiger partial charge >= 0.3 is 0 Å². The second-order valence-corrected chi connectivity index (χ2v) is 6.10. The summed E-state index contributed by atoms with van der Waals surface area (Å²) in [6.45, 7) is 1.95. The van der Waals surface area contributed by atoms with Crippen molar-refractivity contribution < 1.29 is 9.32 Å². The van der Waals surface area contributed by atoms with Crippen LogP contribution in [0.5, 0.6) is 0 Å². The van der Waals surface area contributed by atoms with Crippen LogP contribution in [0.4, 0.5) is 0 Å². The average Bonchev–Trinajstić information content (AvgIpc) is 3.05. The van der Waals surface area contributed by atoms with Crippen molar-refractivity contribution >= 4 is 17.5 Å². The molecule has 0 aliphatic carbocycles. The molecule has 0 saturated heterocycles. The Hall–Kier alpha value is -2.66. The fourth-order valence-electron chi connectivity index (χ4n) is 2.70. The Balaban J connectivity index is 1.76. The van der Waals surface area contributed by atoms with E-state index >= 15 is 0 Å². The monoisotopic (exact) mass is 355 g/mol. The van der Waals surface area contributed by atoms with Crippen LogP contribution in [0.2, 0.25) is 5.02 Å². The average molecular weight is 356 g/mol. The van der Waals surface area contributed by atoms with Gasteiger partial charge in [0, 0.05) is 24.3 Å². The number of nitrogens with one attached hydrogen (secondary N) is 1. The molecule has 0 saturated carbocycles. The van der Waals surface area contributed by atoms with E-state index in [1.54, 1.807) is 6.92 Å². The summed E-state index contributed by atoms with van der Waals surface area (Å²) >= 11 is 6.36. The van der Waals surface area contributed by atoms with Gasteiger partial charge in [-0.2, -0.15) is 4.98 Å². The van der Waals surface area contributed by atoms with Crippen LogP contribution in [0.1, 0.15) is 35.2 Å². The smallest absolute Gasteiger partial charge is 0.223 e. The number of benzene rings is 2. The number of amides is 1. The Morgan fingerprint density at radius 3 is 2.56 bits per heavy atom. The number of aryl methyl sites for hydroxylation is 1.